The molecule has 3 rings (SSSR count). The highest BCUT2D eigenvalue weighted by molar-refractivity contribution is 5.92. The van der Waals surface area contributed by atoms with Crippen molar-refractivity contribution in [3.63, 3.8) is 0 Å². The molecule has 2 amide bonds. The zero-order chi connectivity index (χ0) is 19.3. The summed E-state index contributed by atoms with van der Waals surface area (Å²) >= 11 is 0. The van der Waals surface area contributed by atoms with Crippen LogP contribution in [0.1, 0.15) is 5.76 Å². The molecule has 0 radical (unpaired) electrons. The summed E-state index contributed by atoms with van der Waals surface area (Å²) in [6.45, 7) is 2.86. The monoisotopic (exact) mass is 372 g/mol. The molecule has 0 unspecified atom stereocenters. The molecule has 1 aliphatic rings. The van der Waals surface area contributed by atoms with Gasteiger partial charge in [0.1, 0.15) is 11.6 Å². The molecule has 6 nitrogen and oxygen atoms in total. The number of hydrogen-bond donors (Lipinski definition) is 1. The van der Waals surface area contributed by atoms with Crippen molar-refractivity contribution in [1.82, 2.24) is 4.90 Å². The van der Waals surface area contributed by atoms with Crippen molar-refractivity contribution in [2.75, 3.05) is 45.1 Å². The van der Waals surface area contributed by atoms with Crippen LogP contribution in [0.4, 0.5) is 10.1 Å². The largest absolute Gasteiger partial charge is 0.465 e. The molecule has 27 heavy (non-hydrogen) atoms. The van der Waals surface area contributed by atoms with E-state index >= 15 is 0 Å². The van der Waals surface area contributed by atoms with Crippen LogP contribution in [-0.2, 0) is 9.59 Å². The minimum Gasteiger partial charge on any atom is -0.465 e. The number of nitrogens with zero attached hydrogens (tertiary/aromatic N) is 2. The van der Waals surface area contributed by atoms with E-state index in [1.807, 2.05) is 7.05 Å². The second kappa shape index (κ2) is 8.18. The summed E-state index contributed by atoms with van der Waals surface area (Å²) in [5.74, 6) is 0.113. The number of nitrogens with one attached hydrogen (secondary N) is 1. The van der Waals surface area contributed by atoms with E-state index in [0.717, 1.165) is 0 Å². The van der Waals surface area contributed by atoms with Crippen LogP contribution >= 0.6 is 0 Å². The molecular weight excluding hydrogens is 349 g/mol. The molecule has 1 aromatic heterocycles. The molecule has 1 aliphatic heterocycles. The maximum absolute atomic E-state index is 12.9. The lowest BCUT2D eigenvalue weighted by Gasteiger charge is -2.41. The summed E-state index contributed by atoms with van der Waals surface area (Å²) in [4.78, 5) is 26.3. The number of carbonyl (C=O) groups is 2. The van der Waals surface area contributed by atoms with Gasteiger partial charge in [-0.2, -0.15) is 0 Å². The topological polar surface area (TPSA) is 62.6 Å². The predicted molar refractivity (Wildman–Crippen MR) is 100 cm³/mol. The molecule has 0 bridgehead atoms. The molecule has 1 saturated heterocycles. The summed E-state index contributed by atoms with van der Waals surface area (Å²) in [5.41, 5.74) is 0.574. The van der Waals surface area contributed by atoms with Gasteiger partial charge in [0, 0.05) is 11.8 Å². The van der Waals surface area contributed by atoms with Crippen molar-refractivity contribution in [2.45, 2.75) is 0 Å². The summed E-state index contributed by atoms with van der Waals surface area (Å²) in [6.07, 6.45) is 4.72. The summed E-state index contributed by atoms with van der Waals surface area (Å²) < 4.78 is 18.7. The number of likely N-dealkylation sites (N-methyl/N-ethyl adjacent to an activating group) is 1. The lowest BCUT2D eigenvalue weighted by Crippen LogP contribution is -2.60. The van der Waals surface area contributed by atoms with Gasteiger partial charge in [-0.15, -0.1) is 0 Å². The Morgan fingerprint density at radius 2 is 1.93 bits per heavy atom. The van der Waals surface area contributed by atoms with Crippen LogP contribution < -0.4 is 5.32 Å². The first kappa shape index (κ1) is 18.8. The number of quaternary nitrogens is 1. The molecule has 2 aromatic rings. The van der Waals surface area contributed by atoms with Gasteiger partial charge in [-0.25, -0.2) is 4.39 Å². The number of halogens is 1. The normalized spacial score (nSPS) is 16.4. The van der Waals surface area contributed by atoms with Crippen LogP contribution in [0.2, 0.25) is 0 Å². The zero-order valence-electron chi connectivity index (χ0n) is 15.2. The fraction of sp³-hybridized carbons (Fsp3) is 0.300. The minimum atomic E-state index is -0.339. The molecule has 0 spiro atoms. The third-order valence-electron chi connectivity index (χ3n) is 4.72. The number of anilines is 1. The number of benzene rings is 1. The van der Waals surface area contributed by atoms with Crippen LogP contribution in [0.15, 0.2) is 53.2 Å². The highest BCUT2D eigenvalue weighted by Gasteiger charge is 2.32. The van der Waals surface area contributed by atoms with Crippen LogP contribution in [0.5, 0.6) is 0 Å². The number of furan rings is 1. The Balaban J connectivity index is 1.48. The van der Waals surface area contributed by atoms with Gasteiger partial charge in [-0.3, -0.25) is 9.59 Å². The van der Waals surface area contributed by atoms with E-state index in [2.05, 4.69) is 5.32 Å². The Bertz CT molecular complexity index is 808. The third-order valence-corrected chi connectivity index (χ3v) is 4.72. The molecule has 1 N–H and O–H groups in total. The predicted octanol–water partition coefficient (Wildman–Crippen LogP) is 2.36. The second-order valence-corrected chi connectivity index (χ2v) is 6.95. The molecule has 0 aliphatic carbocycles. The van der Waals surface area contributed by atoms with Gasteiger partial charge in [0.2, 0.25) is 5.91 Å². The standard InChI is InChI=1S/C20H22FN3O3/c1-24(15-19(25)22-17-6-4-16(21)5-7-17)12-10-23(11-13-24)20(26)9-8-18-3-2-14-27-18/h2-9,14H,10-13,15H2,1H3/p+1/b9-8+. The first-order valence-electron chi connectivity index (χ1n) is 8.83. The van der Waals surface area contributed by atoms with Gasteiger partial charge >= 0.3 is 0 Å². The van der Waals surface area contributed by atoms with Gasteiger partial charge < -0.3 is 19.1 Å². The maximum Gasteiger partial charge on any atom is 0.279 e. The van der Waals surface area contributed by atoms with Crippen molar-refractivity contribution in [2.24, 2.45) is 0 Å². The summed E-state index contributed by atoms with van der Waals surface area (Å²) in [6, 6.07) is 9.25. The number of hydrogen-bond acceptors (Lipinski definition) is 3. The van der Waals surface area contributed by atoms with E-state index in [1.165, 1.54) is 30.3 Å². The average molecular weight is 372 g/mol. The van der Waals surface area contributed by atoms with Crippen LogP contribution in [0.25, 0.3) is 6.08 Å². The molecule has 7 heteroatoms. The van der Waals surface area contributed by atoms with Crippen LogP contribution in [-0.4, -0.2) is 61.0 Å². The van der Waals surface area contributed by atoms with Crippen molar-refractivity contribution in [3.05, 3.63) is 60.3 Å². The van der Waals surface area contributed by atoms with E-state index < -0.39 is 0 Å². The zero-order valence-corrected chi connectivity index (χ0v) is 15.2. The molecule has 1 aromatic carbocycles. The molecular formula is C20H23FN3O3+. The number of rotatable bonds is 5. The van der Waals surface area contributed by atoms with Gasteiger partial charge in [0.05, 0.1) is 39.5 Å². The van der Waals surface area contributed by atoms with Gasteiger partial charge in [-0.1, -0.05) is 0 Å². The third kappa shape index (κ3) is 5.27. The SMILES string of the molecule is C[N+]1(CC(=O)Nc2ccc(F)cc2)CCN(C(=O)/C=C/c2ccco2)CC1. The molecule has 0 saturated carbocycles. The lowest BCUT2D eigenvalue weighted by molar-refractivity contribution is -0.905. The van der Waals surface area contributed by atoms with E-state index in [-0.39, 0.29) is 17.6 Å². The summed E-state index contributed by atoms with van der Waals surface area (Å²) in [7, 11) is 2.00. The fourth-order valence-corrected chi connectivity index (χ4v) is 3.05. The molecule has 2 heterocycles. The smallest absolute Gasteiger partial charge is 0.279 e. The van der Waals surface area contributed by atoms with E-state index in [9.17, 15) is 14.0 Å². The van der Waals surface area contributed by atoms with E-state index in [0.29, 0.717) is 48.7 Å². The van der Waals surface area contributed by atoms with Crippen LogP contribution in [0, 0.1) is 5.82 Å². The van der Waals surface area contributed by atoms with Crippen molar-refractivity contribution in [3.8, 4) is 0 Å². The van der Waals surface area contributed by atoms with Crippen molar-refractivity contribution in [1.29, 1.82) is 0 Å². The fourth-order valence-electron chi connectivity index (χ4n) is 3.05. The number of piperazine rings is 1. The van der Waals surface area contributed by atoms with Crippen LogP contribution in [0.3, 0.4) is 0 Å². The number of amides is 2. The second-order valence-electron chi connectivity index (χ2n) is 6.95. The van der Waals surface area contributed by atoms with Gasteiger partial charge in [0.15, 0.2) is 6.54 Å². The summed E-state index contributed by atoms with van der Waals surface area (Å²) in [5, 5.41) is 2.79. The van der Waals surface area contributed by atoms with Crippen molar-refractivity contribution < 1.29 is 22.9 Å². The Kier molecular flexibility index (Phi) is 5.71. The van der Waals surface area contributed by atoms with Crippen molar-refractivity contribution >= 4 is 23.6 Å². The molecule has 142 valence electrons. The van der Waals surface area contributed by atoms with Gasteiger partial charge in [-0.05, 0) is 42.5 Å². The van der Waals surface area contributed by atoms with E-state index in [1.54, 1.807) is 29.4 Å². The highest BCUT2D eigenvalue weighted by Crippen LogP contribution is 2.13. The first-order chi connectivity index (χ1) is 12.9. The molecule has 1 fully saturated rings. The quantitative estimate of drug-likeness (QED) is 0.647. The Morgan fingerprint density at radius 3 is 2.56 bits per heavy atom. The maximum atomic E-state index is 12.9. The lowest BCUT2D eigenvalue weighted by atomic mass is 10.2. The Hall–Kier alpha value is -2.93. The minimum absolute atomic E-state index is 0.0617. The Morgan fingerprint density at radius 1 is 1.22 bits per heavy atom. The first-order valence-corrected chi connectivity index (χ1v) is 8.83. The Labute approximate surface area is 157 Å². The molecule has 0 atom stereocenters. The average Bonchev–Trinajstić information content (AvgIpc) is 3.15. The van der Waals surface area contributed by atoms with Gasteiger partial charge in [0.25, 0.3) is 5.91 Å². The van der Waals surface area contributed by atoms with E-state index in [4.69, 9.17) is 4.42 Å². The number of carbonyl (C=O) groups excluding carboxylic acids is 2. The highest BCUT2D eigenvalue weighted by atomic mass is 19.1.